The lowest BCUT2D eigenvalue weighted by Gasteiger charge is -1.97. The Kier molecular flexibility index (Phi) is 2.73. The molecule has 4 nitrogen and oxygen atoms in total. The van der Waals surface area contributed by atoms with Crippen LogP contribution in [0.2, 0.25) is 0 Å². The molecule has 0 radical (unpaired) electrons. The molecule has 0 saturated heterocycles. The van der Waals surface area contributed by atoms with Crippen LogP contribution in [0.15, 0.2) is 36.5 Å². The fraction of sp³-hybridized carbons (Fsp3) is 0.100. The van der Waals surface area contributed by atoms with Crippen molar-refractivity contribution >= 4 is 17.2 Å². The number of aromatic nitrogens is 3. The maximum absolute atomic E-state index is 5.43. The van der Waals surface area contributed by atoms with E-state index in [0.29, 0.717) is 11.4 Å². The molecule has 15 heavy (non-hydrogen) atoms. The normalized spacial score (nSPS) is 10.1. The van der Waals surface area contributed by atoms with E-state index in [-0.39, 0.29) is 0 Å². The number of benzene rings is 1. The average Bonchev–Trinajstić information content (AvgIpc) is 2.67. The highest BCUT2D eigenvalue weighted by Crippen LogP contribution is 2.04. The zero-order chi connectivity index (χ0) is 10.7. The highest BCUT2D eigenvalue weighted by Gasteiger charge is 2.02. The molecule has 2 aromatic rings. The molecular formula is C10H10N4S. The summed E-state index contributed by atoms with van der Waals surface area (Å²) in [6, 6.07) is 9.69. The third-order valence-electron chi connectivity index (χ3n) is 1.88. The fourth-order valence-corrected chi connectivity index (χ4v) is 1.39. The Hall–Kier alpha value is -1.75. The summed E-state index contributed by atoms with van der Waals surface area (Å²) in [4.78, 5) is 1.99. The van der Waals surface area contributed by atoms with Gasteiger partial charge in [0.05, 0.1) is 22.6 Å². The van der Waals surface area contributed by atoms with Crippen LogP contribution in [0.4, 0.5) is 0 Å². The minimum Gasteiger partial charge on any atom is -0.393 e. The van der Waals surface area contributed by atoms with Gasteiger partial charge in [0, 0.05) is 6.42 Å². The van der Waals surface area contributed by atoms with Gasteiger partial charge in [-0.1, -0.05) is 30.4 Å². The number of nitrogens with zero attached hydrogens (tertiary/aromatic N) is 3. The number of para-hydroxylation sites is 1. The SMILES string of the molecule is NC(=S)Cc1cnn(-c2ccccc2)n1. The van der Waals surface area contributed by atoms with Crippen molar-refractivity contribution in [1.29, 1.82) is 0 Å². The molecule has 2 rings (SSSR count). The second kappa shape index (κ2) is 4.18. The molecule has 0 bridgehead atoms. The van der Waals surface area contributed by atoms with Gasteiger partial charge in [0.2, 0.25) is 0 Å². The molecule has 0 unspecified atom stereocenters. The van der Waals surface area contributed by atoms with Gasteiger partial charge < -0.3 is 5.73 Å². The molecule has 1 aromatic carbocycles. The maximum Gasteiger partial charge on any atom is 0.0899 e. The van der Waals surface area contributed by atoms with Crippen molar-refractivity contribution < 1.29 is 0 Å². The quantitative estimate of drug-likeness (QED) is 0.784. The van der Waals surface area contributed by atoms with Crippen LogP contribution in [0.3, 0.4) is 0 Å². The molecule has 0 aliphatic carbocycles. The molecule has 0 amide bonds. The first-order chi connectivity index (χ1) is 7.25. The number of nitrogens with two attached hydrogens (primary N) is 1. The first kappa shape index (κ1) is 9.79. The minimum atomic E-state index is 0.426. The molecule has 0 spiro atoms. The Morgan fingerprint density at radius 1 is 1.33 bits per heavy atom. The molecule has 5 heteroatoms. The molecule has 0 aliphatic rings. The highest BCUT2D eigenvalue weighted by molar-refractivity contribution is 7.80. The fourth-order valence-electron chi connectivity index (χ4n) is 1.24. The summed E-state index contributed by atoms with van der Waals surface area (Å²) in [7, 11) is 0. The second-order valence-electron chi connectivity index (χ2n) is 3.10. The molecular weight excluding hydrogens is 208 g/mol. The van der Waals surface area contributed by atoms with E-state index in [1.54, 1.807) is 11.0 Å². The van der Waals surface area contributed by atoms with Crippen molar-refractivity contribution in [2.24, 2.45) is 5.73 Å². The zero-order valence-corrected chi connectivity index (χ0v) is 8.81. The van der Waals surface area contributed by atoms with Crippen LogP contribution in [0.5, 0.6) is 0 Å². The third-order valence-corrected chi connectivity index (χ3v) is 2.03. The average molecular weight is 218 g/mol. The van der Waals surface area contributed by atoms with Gasteiger partial charge in [0.15, 0.2) is 0 Å². The van der Waals surface area contributed by atoms with Crippen molar-refractivity contribution in [3.63, 3.8) is 0 Å². The summed E-state index contributed by atoms with van der Waals surface area (Å²) < 4.78 is 0. The van der Waals surface area contributed by atoms with Crippen molar-refractivity contribution in [2.75, 3.05) is 0 Å². The van der Waals surface area contributed by atoms with Crippen LogP contribution < -0.4 is 5.73 Å². The van der Waals surface area contributed by atoms with Crippen LogP contribution in [0.25, 0.3) is 5.69 Å². The Bertz CT molecular complexity index is 463. The van der Waals surface area contributed by atoms with Crippen molar-refractivity contribution in [3.8, 4) is 5.69 Å². The topological polar surface area (TPSA) is 56.7 Å². The lowest BCUT2D eigenvalue weighted by molar-refractivity contribution is 0.744. The molecule has 76 valence electrons. The number of rotatable bonds is 3. The molecule has 1 heterocycles. The lowest BCUT2D eigenvalue weighted by atomic mass is 10.3. The zero-order valence-electron chi connectivity index (χ0n) is 8.00. The largest absolute Gasteiger partial charge is 0.393 e. The van der Waals surface area contributed by atoms with Crippen LogP contribution in [0, 0.1) is 0 Å². The Labute approximate surface area is 92.7 Å². The van der Waals surface area contributed by atoms with E-state index in [1.165, 1.54) is 0 Å². The molecule has 0 saturated carbocycles. The Balaban J connectivity index is 2.24. The van der Waals surface area contributed by atoms with Crippen molar-refractivity contribution in [2.45, 2.75) is 6.42 Å². The van der Waals surface area contributed by atoms with Crippen LogP contribution >= 0.6 is 12.2 Å². The maximum atomic E-state index is 5.43. The van der Waals surface area contributed by atoms with E-state index in [4.69, 9.17) is 18.0 Å². The standard InChI is InChI=1S/C10H10N4S/c11-10(15)6-8-7-12-14(13-8)9-4-2-1-3-5-9/h1-5,7H,6H2,(H2,11,15). The molecule has 0 aliphatic heterocycles. The van der Waals surface area contributed by atoms with Gasteiger partial charge in [0.25, 0.3) is 0 Å². The second-order valence-corrected chi connectivity index (χ2v) is 3.63. The summed E-state index contributed by atoms with van der Waals surface area (Å²) in [6.07, 6.45) is 2.16. The van der Waals surface area contributed by atoms with E-state index in [9.17, 15) is 0 Å². The third kappa shape index (κ3) is 2.38. The van der Waals surface area contributed by atoms with Crippen molar-refractivity contribution in [1.82, 2.24) is 15.0 Å². The van der Waals surface area contributed by atoms with Gasteiger partial charge in [-0.2, -0.15) is 15.0 Å². The van der Waals surface area contributed by atoms with E-state index in [0.717, 1.165) is 11.4 Å². The number of hydrogen-bond acceptors (Lipinski definition) is 3. The van der Waals surface area contributed by atoms with Crippen LogP contribution in [-0.2, 0) is 6.42 Å². The predicted molar refractivity (Wildman–Crippen MR) is 61.8 cm³/mol. The van der Waals surface area contributed by atoms with E-state index >= 15 is 0 Å². The predicted octanol–water partition coefficient (Wildman–Crippen LogP) is 1.10. The lowest BCUT2D eigenvalue weighted by Crippen LogP contribution is -2.11. The molecule has 1 aromatic heterocycles. The first-order valence-corrected chi connectivity index (χ1v) is 4.91. The van der Waals surface area contributed by atoms with Gasteiger partial charge in [0.1, 0.15) is 0 Å². The van der Waals surface area contributed by atoms with E-state index < -0.39 is 0 Å². The van der Waals surface area contributed by atoms with Gasteiger partial charge >= 0.3 is 0 Å². The summed E-state index contributed by atoms with van der Waals surface area (Å²) in [5.74, 6) is 0. The van der Waals surface area contributed by atoms with Crippen LogP contribution in [-0.4, -0.2) is 20.0 Å². The monoisotopic (exact) mass is 218 g/mol. The molecule has 2 N–H and O–H groups in total. The van der Waals surface area contributed by atoms with Crippen molar-refractivity contribution in [3.05, 3.63) is 42.2 Å². The van der Waals surface area contributed by atoms with Gasteiger partial charge in [-0.3, -0.25) is 0 Å². The smallest absolute Gasteiger partial charge is 0.0899 e. The number of hydrogen-bond donors (Lipinski definition) is 1. The van der Waals surface area contributed by atoms with Gasteiger partial charge in [-0.25, -0.2) is 0 Å². The molecule has 0 atom stereocenters. The Morgan fingerprint density at radius 3 is 2.73 bits per heavy atom. The van der Waals surface area contributed by atoms with Gasteiger partial charge in [-0.15, -0.1) is 0 Å². The highest BCUT2D eigenvalue weighted by atomic mass is 32.1. The molecule has 0 fully saturated rings. The van der Waals surface area contributed by atoms with Crippen LogP contribution in [0.1, 0.15) is 5.69 Å². The minimum absolute atomic E-state index is 0.426. The summed E-state index contributed by atoms with van der Waals surface area (Å²) in [6.45, 7) is 0. The first-order valence-electron chi connectivity index (χ1n) is 4.50. The number of thiocarbonyl (C=S) groups is 1. The van der Waals surface area contributed by atoms with Gasteiger partial charge in [-0.05, 0) is 12.1 Å². The Morgan fingerprint density at radius 2 is 2.07 bits per heavy atom. The summed E-state index contributed by atoms with van der Waals surface area (Å²) in [5.41, 5.74) is 7.13. The summed E-state index contributed by atoms with van der Waals surface area (Å²) >= 11 is 4.80. The van der Waals surface area contributed by atoms with E-state index in [2.05, 4.69) is 10.2 Å². The summed E-state index contributed by atoms with van der Waals surface area (Å²) in [5, 5.41) is 8.39. The van der Waals surface area contributed by atoms with E-state index in [1.807, 2.05) is 30.3 Å².